The Morgan fingerprint density at radius 2 is 2.13 bits per heavy atom. The molecule has 0 spiro atoms. The summed E-state index contributed by atoms with van der Waals surface area (Å²) < 4.78 is 37.3. The first kappa shape index (κ1) is 7.29. The Kier molecular flexibility index (Phi) is 1.56. The molecule has 1 heterocycles. The van der Waals surface area contributed by atoms with Gasteiger partial charge < -0.3 is 4.57 Å². The molecule has 82 valence electrons. The summed E-state index contributed by atoms with van der Waals surface area (Å²) in [6, 6.07) is 1.64. The quantitative estimate of drug-likeness (QED) is 0.802. The molecule has 2 saturated carbocycles. The Balaban J connectivity index is 2.12. The number of nitrogens with zero attached hydrogens (tertiary/aromatic N) is 2. The van der Waals surface area contributed by atoms with Gasteiger partial charge in [0.1, 0.15) is 11.7 Å². The van der Waals surface area contributed by atoms with E-state index in [-0.39, 0.29) is 11.3 Å². The van der Waals surface area contributed by atoms with Crippen molar-refractivity contribution in [2.45, 2.75) is 37.0 Å². The SMILES string of the molecule is [2H]C([2H])([2H])n1nc(Br)cc1P(=O)(C1CC1)C1CC1. The maximum atomic E-state index is 13.3. The second-order valence-electron chi connectivity index (χ2n) is 4.41. The lowest BCUT2D eigenvalue weighted by atomic mass is 10.7. The van der Waals surface area contributed by atoms with E-state index in [4.69, 9.17) is 4.11 Å². The van der Waals surface area contributed by atoms with Gasteiger partial charge in [0.05, 0.1) is 5.44 Å². The summed E-state index contributed by atoms with van der Waals surface area (Å²) in [7, 11) is -2.60. The van der Waals surface area contributed by atoms with Crippen LogP contribution in [0.25, 0.3) is 0 Å². The number of halogens is 1. The molecule has 5 heteroatoms. The fraction of sp³-hybridized carbons (Fsp3) is 0.700. The van der Waals surface area contributed by atoms with E-state index in [2.05, 4.69) is 21.0 Å². The fourth-order valence-corrected chi connectivity index (χ4v) is 6.57. The molecule has 0 aromatic carbocycles. The highest BCUT2D eigenvalue weighted by Crippen LogP contribution is 2.69. The van der Waals surface area contributed by atoms with E-state index in [1.165, 1.54) is 0 Å². The van der Waals surface area contributed by atoms with Gasteiger partial charge in [0.2, 0.25) is 0 Å². The van der Waals surface area contributed by atoms with Crippen molar-refractivity contribution in [1.82, 2.24) is 9.78 Å². The van der Waals surface area contributed by atoms with E-state index in [0.717, 1.165) is 30.4 Å². The Morgan fingerprint density at radius 1 is 1.53 bits per heavy atom. The number of hydrogen-bond acceptors (Lipinski definition) is 2. The molecule has 3 nitrogen and oxygen atoms in total. The molecule has 2 aliphatic carbocycles. The van der Waals surface area contributed by atoms with Crippen LogP contribution in [0.15, 0.2) is 10.7 Å². The molecule has 0 atom stereocenters. The highest BCUT2D eigenvalue weighted by atomic mass is 79.9. The summed E-state index contributed by atoms with van der Waals surface area (Å²) in [6.45, 7) is -2.36. The molecule has 3 rings (SSSR count). The van der Waals surface area contributed by atoms with Gasteiger partial charge in [-0.15, -0.1) is 0 Å². The molecule has 0 aliphatic heterocycles. The van der Waals surface area contributed by atoms with Gasteiger partial charge >= 0.3 is 0 Å². The van der Waals surface area contributed by atoms with Crippen LogP contribution in [0.4, 0.5) is 0 Å². The van der Waals surface area contributed by atoms with Gasteiger partial charge in [-0.05, 0) is 41.6 Å². The normalized spacial score (nSPS) is 25.8. The van der Waals surface area contributed by atoms with Crippen LogP contribution in [0.5, 0.6) is 0 Å². The largest absolute Gasteiger partial charge is 0.316 e. The molecule has 1 aromatic heterocycles. The van der Waals surface area contributed by atoms with Gasteiger partial charge in [-0.3, -0.25) is 4.68 Å². The van der Waals surface area contributed by atoms with Crippen LogP contribution in [0, 0.1) is 0 Å². The van der Waals surface area contributed by atoms with Crippen molar-refractivity contribution in [2.75, 3.05) is 0 Å². The van der Waals surface area contributed by atoms with Crippen LogP contribution in [0.1, 0.15) is 29.8 Å². The van der Waals surface area contributed by atoms with Crippen LogP contribution < -0.4 is 5.44 Å². The second-order valence-corrected chi connectivity index (χ2v) is 8.56. The lowest BCUT2D eigenvalue weighted by molar-refractivity contribution is 0.576. The van der Waals surface area contributed by atoms with Crippen LogP contribution in [0.3, 0.4) is 0 Å². The first-order valence-electron chi connectivity index (χ1n) is 6.69. The molecule has 15 heavy (non-hydrogen) atoms. The van der Waals surface area contributed by atoms with E-state index in [9.17, 15) is 4.57 Å². The van der Waals surface area contributed by atoms with Gasteiger partial charge in [0.25, 0.3) is 0 Å². The summed E-state index contributed by atoms with van der Waals surface area (Å²) in [4.78, 5) is 0. The van der Waals surface area contributed by atoms with Crippen molar-refractivity contribution in [3.05, 3.63) is 10.7 Å². The minimum Gasteiger partial charge on any atom is -0.316 e. The third-order valence-corrected chi connectivity index (χ3v) is 7.82. The van der Waals surface area contributed by atoms with E-state index in [1.54, 1.807) is 6.07 Å². The van der Waals surface area contributed by atoms with Crippen molar-refractivity contribution < 1.29 is 8.68 Å². The molecule has 2 fully saturated rings. The molecule has 0 N–H and O–H groups in total. The predicted octanol–water partition coefficient (Wildman–Crippen LogP) is 2.50. The van der Waals surface area contributed by atoms with Crippen LogP contribution in [0.2, 0.25) is 0 Å². The summed E-state index contributed by atoms with van der Waals surface area (Å²) in [5.41, 5.74) is 0.823. The lowest BCUT2D eigenvalue weighted by Crippen LogP contribution is -2.20. The van der Waals surface area contributed by atoms with Crippen molar-refractivity contribution in [2.24, 2.45) is 6.98 Å². The highest BCUT2D eigenvalue weighted by molar-refractivity contribution is 9.10. The number of hydrogen-bond donors (Lipinski definition) is 0. The maximum absolute atomic E-state index is 13.3. The molecule has 1 aromatic rings. The van der Waals surface area contributed by atoms with Crippen LogP contribution in [-0.4, -0.2) is 21.1 Å². The van der Waals surface area contributed by atoms with Gasteiger partial charge in [-0.1, -0.05) is 0 Å². The molecular weight excluding hydrogens is 275 g/mol. The second kappa shape index (κ2) is 3.21. The average Bonchev–Trinajstić information content (AvgIpc) is 3.11. The average molecular weight is 292 g/mol. The summed E-state index contributed by atoms with van der Waals surface area (Å²) in [5.74, 6) is 0. The fourth-order valence-electron chi connectivity index (χ4n) is 2.18. The Hall–Kier alpha value is -0.0800. The Bertz CT molecular complexity index is 518. The summed E-state index contributed by atoms with van der Waals surface area (Å²) in [6.07, 6.45) is 3.82. The molecule has 0 unspecified atom stereocenters. The molecule has 0 bridgehead atoms. The summed E-state index contributed by atoms with van der Waals surface area (Å²) >= 11 is 3.20. The third kappa shape index (κ3) is 1.53. The first-order valence-corrected chi connectivity index (χ1v) is 7.83. The minimum absolute atomic E-state index is 0.190. The zero-order valence-corrected chi connectivity index (χ0v) is 10.7. The van der Waals surface area contributed by atoms with E-state index < -0.39 is 14.1 Å². The van der Waals surface area contributed by atoms with Crippen LogP contribution >= 0.6 is 23.1 Å². The Morgan fingerprint density at radius 3 is 2.60 bits per heavy atom. The Labute approximate surface area is 102 Å². The molecule has 0 radical (unpaired) electrons. The monoisotopic (exact) mass is 291 g/mol. The number of aromatic nitrogens is 2. The smallest absolute Gasteiger partial charge is 0.138 e. The van der Waals surface area contributed by atoms with E-state index >= 15 is 0 Å². The van der Waals surface area contributed by atoms with Gasteiger partial charge in [-0.2, -0.15) is 5.10 Å². The standard InChI is InChI=1S/C10H14BrN2OP/c1-13-10(6-9(11)12-13)15(14,7-2-3-7)8-4-5-8/h6-8H,2-5H2,1H3/i1D3. The van der Waals surface area contributed by atoms with Crippen molar-refractivity contribution in [1.29, 1.82) is 0 Å². The lowest BCUT2D eigenvalue weighted by Gasteiger charge is -2.16. The number of aryl methyl sites for hydroxylation is 1. The maximum Gasteiger partial charge on any atom is 0.138 e. The third-order valence-electron chi connectivity index (χ3n) is 3.20. The van der Waals surface area contributed by atoms with Crippen molar-refractivity contribution in [3.63, 3.8) is 0 Å². The van der Waals surface area contributed by atoms with Crippen molar-refractivity contribution in [3.8, 4) is 0 Å². The molecule has 0 saturated heterocycles. The van der Waals surface area contributed by atoms with Gasteiger partial charge in [0.15, 0.2) is 0 Å². The minimum atomic E-state index is -2.60. The van der Waals surface area contributed by atoms with Crippen LogP contribution in [-0.2, 0) is 11.5 Å². The van der Waals surface area contributed by atoms with Gasteiger partial charge in [-0.25, -0.2) is 0 Å². The van der Waals surface area contributed by atoms with E-state index in [1.807, 2.05) is 0 Å². The molecular formula is C10H14BrN2OP. The summed E-state index contributed by atoms with van der Waals surface area (Å²) in [5, 5.41) is 3.97. The van der Waals surface area contributed by atoms with Crippen molar-refractivity contribution >= 4 is 28.5 Å². The zero-order valence-electron chi connectivity index (χ0n) is 11.2. The molecule has 2 aliphatic rings. The molecule has 0 amide bonds. The zero-order chi connectivity index (χ0) is 13.1. The predicted molar refractivity (Wildman–Crippen MR) is 64.2 cm³/mol. The topological polar surface area (TPSA) is 34.9 Å². The van der Waals surface area contributed by atoms with E-state index in [0.29, 0.717) is 10.0 Å². The first-order chi connectivity index (χ1) is 8.33. The van der Waals surface area contributed by atoms with Gasteiger partial charge in [0, 0.05) is 28.5 Å². The highest BCUT2D eigenvalue weighted by Gasteiger charge is 2.53. The number of rotatable bonds is 3.